The molecule has 26 heavy (non-hydrogen) atoms. The number of hydrogen-bond donors (Lipinski definition) is 1. The minimum Gasteiger partial charge on any atom is -0.464 e. The third kappa shape index (κ3) is 5.52. The van der Waals surface area contributed by atoms with Gasteiger partial charge in [0.2, 0.25) is 0 Å². The van der Waals surface area contributed by atoms with Crippen molar-refractivity contribution in [2.45, 2.75) is 32.7 Å². The molecule has 6 nitrogen and oxygen atoms in total. The lowest BCUT2D eigenvalue weighted by molar-refractivity contribution is 0.0594. The van der Waals surface area contributed by atoms with Crippen molar-refractivity contribution in [2.24, 2.45) is 0 Å². The van der Waals surface area contributed by atoms with Gasteiger partial charge in [-0.1, -0.05) is 31.9 Å². The van der Waals surface area contributed by atoms with Gasteiger partial charge in [0, 0.05) is 11.9 Å². The number of esters is 1. The Morgan fingerprint density at radius 1 is 1.31 bits per heavy atom. The van der Waals surface area contributed by atoms with Gasteiger partial charge >= 0.3 is 12.0 Å². The fraction of sp³-hybridized carbons (Fsp3) is 0.389. The molecule has 0 fully saturated rings. The topological polar surface area (TPSA) is 71.5 Å². The van der Waals surface area contributed by atoms with Gasteiger partial charge in [0.15, 0.2) is 5.69 Å². The van der Waals surface area contributed by atoms with Crippen molar-refractivity contribution in [3.63, 3.8) is 0 Å². The number of para-hydroxylation sites is 1. The zero-order chi connectivity index (χ0) is 18.9. The first-order valence-electron chi connectivity index (χ1n) is 8.38. The summed E-state index contributed by atoms with van der Waals surface area (Å²) in [6.45, 7) is 2.83. The average molecular weight is 379 g/mol. The molecule has 1 aromatic carbocycles. The molecular formula is C18H22FN3O3S. The van der Waals surface area contributed by atoms with E-state index in [9.17, 15) is 14.0 Å². The van der Waals surface area contributed by atoms with Gasteiger partial charge in [-0.3, -0.25) is 0 Å². The van der Waals surface area contributed by atoms with Crippen molar-refractivity contribution >= 4 is 29.0 Å². The highest BCUT2D eigenvalue weighted by Crippen LogP contribution is 2.17. The van der Waals surface area contributed by atoms with E-state index in [0.717, 1.165) is 19.3 Å². The zero-order valence-electron chi connectivity index (χ0n) is 14.8. The quantitative estimate of drug-likeness (QED) is 0.548. The first-order valence-corrected chi connectivity index (χ1v) is 9.26. The summed E-state index contributed by atoms with van der Waals surface area (Å²) in [7, 11) is 1.29. The molecule has 1 heterocycles. The Morgan fingerprint density at radius 3 is 2.77 bits per heavy atom. The maximum Gasteiger partial charge on any atom is 0.357 e. The van der Waals surface area contributed by atoms with Crippen molar-refractivity contribution in [3.8, 4) is 0 Å². The van der Waals surface area contributed by atoms with E-state index in [-0.39, 0.29) is 17.9 Å². The average Bonchev–Trinajstić information content (AvgIpc) is 3.11. The van der Waals surface area contributed by atoms with E-state index in [1.807, 2.05) is 0 Å². The minimum atomic E-state index is -0.513. The largest absolute Gasteiger partial charge is 0.464 e. The van der Waals surface area contributed by atoms with Gasteiger partial charge < -0.3 is 15.0 Å². The number of rotatable bonds is 8. The molecule has 0 radical (unpaired) electrons. The molecule has 0 atom stereocenters. The first-order chi connectivity index (χ1) is 12.5. The Hall–Kier alpha value is -2.48. The van der Waals surface area contributed by atoms with Crippen LogP contribution in [0.2, 0.25) is 0 Å². The number of carbonyl (C=O) groups excluding carboxylic acids is 2. The Kier molecular flexibility index (Phi) is 7.53. The molecule has 2 rings (SSSR count). The van der Waals surface area contributed by atoms with E-state index in [0.29, 0.717) is 11.6 Å². The summed E-state index contributed by atoms with van der Waals surface area (Å²) < 4.78 is 18.4. The summed E-state index contributed by atoms with van der Waals surface area (Å²) in [5.74, 6) is -1.00. The van der Waals surface area contributed by atoms with Crippen LogP contribution in [0.1, 0.15) is 41.7 Å². The summed E-state index contributed by atoms with van der Waals surface area (Å²) in [5.41, 5.74) is 0.350. The molecule has 0 spiro atoms. The number of anilines is 1. The third-order valence-corrected chi connectivity index (χ3v) is 4.54. The number of unbranched alkanes of at least 4 members (excludes halogenated alkanes) is 2. The monoisotopic (exact) mass is 379 g/mol. The van der Waals surface area contributed by atoms with Crippen LogP contribution in [0, 0.1) is 5.82 Å². The lowest BCUT2D eigenvalue weighted by Crippen LogP contribution is -2.35. The van der Waals surface area contributed by atoms with Gasteiger partial charge in [0.25, 0.3) is 0 Å². The fourth-order valence-electron chi connectivity index (χ4n) is 2.31. The van der Waals surface area contributed by atoms with E-state index in [1.54, 1.807) is 22.4 Å². The molecule has 2 amide bonds. The van der Waals surface area contributed by atoms with Crippen LogP contribution in [0.4, 0.5) is 14.9 Å². The third-order valence-electron chi connectivity index (χ3n) is 3.71. The standard InChI is InChI=1S/C18H22FN3O3S/c1-3-4-7-10-22(11-16-20-15(12-26-16)17(23)25-2)18(24)21-14-9-6-5-8-13(14)19/h5-6,8-9,12H,3-4,7,10-11H2,1-2H3,(H,21,24). The number of thiazole rings is 1. The second-order valence-electron chi connectivity index (χ2n) is 5.66. The predicted octanol–water partition coefficient (Wildman–Crippen LogP) is 4.29. The summed E-state index contributed by atoms with van der Waals surface area (Å²) in [6.07, 6.45) is 2.83. The molecule has 0 aliphatic heterocycles. The highest BCUT2D eigenvalue weighted by molar-refractivity contribution is 7.09. The Bertz CT molecular complexity index is 751. The number of halogens is 1. The number of carbonyl (C=O) groups is 2. The number of aromatic nitrogens is 1. The molecule has 1 N–H and O–H groups in total. The first kappa shape index (κ1) is 19.8. The molecule has 0 unspecified atom stereocenters. The van der Waals surface area contributed by atoms with Crippen molar-refractivity contribution < 1.29 is 18.7 Å². The second kappa shape index (κ2) is 9.86. The summed E-state index contributed by atoms with van der Waals surface area (Å²) in [6, 6.07) is 5.62. The normalized spacial score (nSPS) is 10.4. The van der Waals surface area contributed by atoms with E-state index in [2.05, 4.69) is 22.0 Å². The van der Waals surface area contributed by atoms with Crippen molar-refractivity contribution in [1.82, 2.24) is 9.88 Å². The lowest BCUT2D eigenvalue weighted by Gasteiger charge is -2.22. The molecule has 0 saturated carbocycles. The molecule has 2 aromatic rings. The number of methoxy groups -OCH3 is 1. The van der Waals surface area contributed by atoms with Crippen LogP contribution in [-0.4, -0.2) is 35.5 Å². The van der Waals surface area contributed by atoms with Crippen LogP contribution in [0.15, 0.2) is 29.6 Å². The summed E-state index contributed by atoms with van der Waals surface area (Å²) >= 11 is 1.28. The van der Waals surface area contributed by atoms with Gasteiger partial charge in [-0.05, 0) is 18.6 Å². The molecule has 0 saturated heterocycles. The van der Waals surface area contributed by atoms with Gasteiger partial charge in [-0.25, -0.2) is 19.0 Å². The van der Waals surface area contributed by atoms with E-state index >= 15 is 0 Å². The van der Waals surface area contributed by atoms with Crippen LogP contribution in [0.25, 0.3) is 0 Å². The maximum absolute atomic E-state index is 13.8. The number of nitrogens with zero attached hydrogens (tertiary/aromatic N) is 2. The van der Waals surface area contributed by atoms with Gasteiger partial charge in [-0.15, -0.1) is 11.3 Å². The second-order valence-corrected chi connectivity index (χ2v) is 6.60. The van der Waals surface area contributed by atoms with Gasteiger partial charge in [0.1, 0.15) is 10.8 Å². The molecule has 0 aliphatic carbocycles. The van der Waals surface area contributed by atoms with Gasteiger partial charge in [-0.2, -0.15) is 0 Å². The summed E-state index contributed by atoms with van der Waals surface area (Å²) in [5, 5.41) is 4.81. The number of urea groups is 1. The zero-order valence-corrected chi connectivity index (χ0v) is 15.6. The van der Waals surface area contributed by atoms with Crippen molar-refractivity contribution in [2.75, 3.05) is 19.0 Å². The fourth-order valence-corrected chi connectivity index (χ4v) is 3.09. The Morgan fingerprint density at radius 2 is 2.08 bits per heavy atom. The van der Waals surface area contributed by atoms with E-state index in [4.69, 9.17) is 0 Å². The Labute approximate surface area is 156 Å². The highest BCUT2D eigenvalue weighted by atomic mass is 32.1. The number of hydrogen-bond acceptors (Lipinski definition) is 5. The maximum atomic E-state index is 13.8. The number of nitrogens with one attached hydrogen (secondary N) is 1. The molecule has 140 valence electrons. The van der Waals surface area contributed by atoms with Crippen LogP contribution >= 0.6 is 11.3 Å². The number of benzene rings is 1. The lowest BCUT2D eigenvalue weighted by atomic mass is 10.2. The molecule has 8 heteroatoms. The van der Waals surface area contributed by atoms with Crippen molar-refractivity contribution in [1.29, 1.82) is 0 Å². The SMILES string of the molecule is CCCCCN(Cc1nc(C(=O)OC)cs1)C(=O)Nc1ccccc1F. The number of ether oxygens (including phenoxy) is 1. The van der Waals surface area contributed by atoms with Crippen LogP contribution in [0.5, 0.6) is 0 Å². The Balaban J connectivity index is 2.09. The van der Waals surface area contributed by atoms with Crippen LogP contribution < -0.4 is 5.32 Å². The highest BCUT2D eigenvalue weighted by Gasteiger charge is 2.18. The molecule has 0 aliphatic rings. The minimum absolute atomic E-state index is 0.132. The predicted molar refractivity (Wildman–Crippen MR) is 98.8 cm³/mol. The van der Waals surface area contributed by atoms with Crippen LogP contribution in [0.3, 0.4) is 0 Å². The molecule has 1 aromatic heterocycles. The summed E-state index contributed by atoms with van der Waals surface area (Å²) in [4.78, 5) is 29.9. The van der Waals surface area contributed by atoms with Crippen LogP contribution in [-0.2, 0) is 11.3 Å². The van der Waals surface area contributed by atoms with Crippen molar-refractivity contribution in [3.05, 3.63) is 46.2 Å². The van der Waals surface area contributed by atoms with E-state index < -0.39 is 17.8 Å². The van der Waals surface area contributed by atoms with E-state index in [1.165, 1.54) is 30.6 Å². The smallest absolute Gasteiger partial charge is 0.357 e. The number of amides is 2. The van der Waals surface area contributed by atoms with Gasteiger partial charge in [0.05, 0.1) is 19.3 Å². The molecular weight excluding hydrogens is 357 g/mol. The molecule has 0 bridgehead atoms.